The highest BCUT2D eigenvalue weighted by atomic mass is 16.2. The Morgan fingerprint density at radius 1 is 1.09 bits per heavy atom. The number of aliphatic imine (C=N–C) groups is 1. The molecule has 1 heterocycles. The number of rotatable bonds is 8. The fraction of sp³-hybridized carbons (Fsp3) is 0.414. The smallest absolute Gasteiger partial charge is 0.252 e. The van der Waals surface area contributed by atoms with Crippen molar-refractivity contribution >= 4 is 23.2 Å². The maximum atomic E-state index is 13.7. The third-order valence-corrected chi connectivity index (χ3v) is 6.48. The number of benzene rings is 2. The average Bonchev–Trinajstić information content (AvgIpc) is 2.96. The van der Waals surface area contributed by atoms with E-state index >= 15 is 0 Å². The first-order valence-corrected chi connectivity index (χ1v) is 12.5. The van der Waals surface area contributed by atoms with Crippen LogP contribution in [0.4, 0.5) is 5.69 Å². The molecule has 2 amide bonds. The first-order valence-electron chi connectivity index (χ1n) is 12.5. The van der Waals surface area contributed by atoms with Crippen LogP contribution in [-0.2, 0) is 9.59 Å². The summed E-state index contributed by atoms with van der Waals surface area (Å²) < 4.78 is 0. The minimum absolute atomic E-state index is 0.00107. The number of benzodiazepines with no additional fused rings is 1. The second kappa shape index (κ2) is 11.3. The van der Waals surface area contributed by atoms with Gasteiger partial charge in [0.2, 0.25) is 5.91 Å². The molecule has 0 aromatic heterocycles. The molecule has 5 nitrogen and oxygen atoms in total. The lowest BCUT2D eigenvalue weighted by atomic mass is 9.97. The number of allylic oxidation sites excluding steroid dienone is 1. The zero-order valence-electron chi connectivity index (χ0n) is 20.3. The third-order valence-electron chi connectivity index (χ3n) is 6.48. The number of amides is 2. The maximum absolute atomic E-state index is 13.7. The summed E-state index contributed by atoms with van der Waals surface area (Å²) in [5.41, 5.74) is 4.84. The SMILES string of the molecule is CC(C)CC1N=C(c2ccccc2)c2ccccc2N(CC(=O)NCCC2=CCCCC2)C1=O. The van der Waals surface area contributed by atoms with Crippen molar-refractivity contribution in [3.05, 3.63) is 77.4 Å². The van der Waals surface area contributed by atoms with Gasteiger partial charge >= 0.3 is 0 Å². The minimum Gasteiger partial charge on any atom is -0.354 e. The Balaban J connectivity index is 1.59. The van der Waals surface area contributed by atoms with Crippen molar-refractivity contribution in [1.82, 2.24) is 5.32 Å². The first-order chi connectivity index (χ1) is 16.5. The van der Waals surface area contributed by atoms with Crippen LogP contribution in [0.5, 0.6) is 0 Å². The van der Waals surface area contributed by atoms with Gasteiger partial charge in [0, 0.05) is 17.7 Å². The molecule has 2 aromatic carbocycles. The van der Waals surface area contributed by atoms with Crippen LogP contribution in [0.2, 0.25) is 0 Å². The van der Waals surface area contributed by atoms with E-state index in [9.17, 15) is 9.59 Å². The molecule has 2 aliphatic rings. The molecule has 5 heteroatoms. The van der Waals surface area contributed by atoms with Crippen LogP contribution < -0.4 is 10.2 Å². The number of nitrogens with zero attached hydrogens (tertiary/aromatic N) is 2. The fourth-order valence-corrected chi connectivity index (χ4v) is 4.77. The molecular weight excluding hydrogens is 422 g/mol. The quantitative estimate of drug-likeness (QED) is 0.548. The van der Waals surface area contributed by atoms with Crippen molar-refractivity contribution in [3.8, 4) is 0 Å². The number of para-hydroxylation sites is 1. The maximum Gasteiger partial charge on any atom is 0.252 e. The van der Waals surface area contributed by atoms with Gasteiger partial charge in [-0.25, -0.2) is 0 Å². The summed E-state index contributed by atoms with van der Waals surface area (Å²) in [6.45, 7) is 4.80. The zero-order chi connectivity index (χ0) is 23.9. The molecule has 1 aliphatic heterocycles. The Kier molecular flexibility index (Phi) is 7.94. The van der Waals surface area contributed by atoms with Gasteiger partial charge < -0.3 is 10.2 Å². The zero-order valence-corrected chi connectivity index (χ0v) is 20.3. The summed E-state index contributed by atoms with van der Waals surface area (Å²) in [5.74, 6) is 0.0543. The van der Waals surface area contributed by atoms with Crippen molar-refractivity contribution in [2.45, 2.75) is 58.4 Å². The number of hydrogen-bond acceptors (Lipinski definition) is 3. The van der Waals surface area contributed by atoms with E-state index < -0.39 is 6.04 Å². The van der Waals surface area contributed by atoms with Gasteiger partial charge in [-0.15, -0.1) is 0 Å². The molecule has 0 bridgehead atoms. The van der Waals surface area contributed by atoms with E-state index in [-0.39, 0.29) is 18.4 Å². The fourth-order valence-electron chi connectivity index (χ4n) is 4.77. The Hall–Kier alpha value is -3.21. The normalized spacial score (nSPS) is 18.1. The third kappa shape index (κ3) is 5.82. The molecule has 178 valence electrons. The van der Waals surface area contributed by atoms with Gasteiger partial charge in [-0.2, -0.15) is 0 Å². The van der Waals surface area contributed by atoms with E-state index in [1.165, 1.54) is 18.4 Å². The molecule has 0 spiro atoms. The lowest BCUT2D eigenvalue weighted by molar-refractivity contribution is -0.124. The molecule has 0 radical (unpaired) electrons. The number of carbonyl (C=O) groups is 2. The molecule has 0 saturated heterocycles. The number of anilines is 1. The summed E-state index contributed by atoms with van der Waals surface area (Å²) in [6, 6.07) is 17.2. The van der Waals surface area contributed by atoms with Gasteiger partial charge in [-0.05, 0) is 50.5 Å². The first kappa shape index (κ1) is 23.9. The van der Waals surface area contributed by atoms with Crippen LogP contribution >= 0.6 is 0 Å². The largest absolute Gasteiger partial charge is 0.354 e. The van der Waals surface area contributed by atoms with Crippen LogP contribution in [0.25, 0.3) is 0 Å². The minimum atomic E-state index is -0.525. The van der Waals surface area contributed by atoms with Crippen molar-refractivity contribution < 1.29 is 9.59 Å². The van der Waals surface area contributed by atoms with Crippen molar-refractivity contribution in [2.24, 2.45) is 10.9 Å². The predicted molar refractivity (Wildman–Crippen MR) is 138 cm³/mol. The van der Waals surface area contributed by atoms with E-state index in [0.29, 0.717) is 18.9 Å². The summed E-state index contributed by atoms with van der Waals surface area (Å²) in [4.78, 5) is 33.3. The lowest BCUT2D eigenvalue weighted by Gasteiger charge is -2.25. The molecular formula is C29H35N3O2. The highest BCUT2D eigenvalue weighted by Gasteiger charge is 2.33. The van der Waals surface area contributed by atoms with Crippen LogP contribution in [0.1, 0.15) is 63.5 Å². The predicted octanol–water partition coefficient (Wildman–Crippen LogP) is 5.29. The Morgan fingerprint density at radius 2 is 1.85 bits per heavy atom. The molecule has 0 saturated carbocycles. The van der Waals surface area contributed by atoms with Gasteiger partial charge in [0.25, 0.3) is 5.91 Å². The second-order valence-electron chi connectivity index (χ2n) is 9.64. The van der Waals surface area contributed by atoms with E-state index in [0.717, 1.165) is 41.8 Å². The molecule has 1 aliphatic carbocycles. The van der Waals surface area contributed by atoms with E-state index in [4.69, 9.17) is 4.99 Å². The Bertz CT molecular complexity index is 1070. The van der Waals surface area contributed by atoms with Gasteiger partial charge in [0.05, 0.1) is 11.4 Å². The highest BCUT2D eigenvalue weighted by molar-refractivity contribution is 6.20. The van der Waals surface area contributed by atoms with E-state index in [2.05, 4.69) is 25.2 Å². The van der Waals surface area contributed by atoms with Crippen LogP contribution in [0.15, 0.2) is 71.2 Å². The van der Waals surface area contributed by atoms with Crippen LogP contribution in [0, 0.1) is 5.92 Å². The van der Waals surface area contributed by atoms with E-state index in [1.54, 1.807) is 4.90 Å². The van der Waals surface area contributed by atoms with Crippen molar-refractivity contribution in [3.63, 3.8) is 0 Å². The molecule has 1 atom stereocenters. The molecule has 0 fully saturated rings. The number of carbonyl (C=O) groups excluding carboxylic acids is 2. The Labute approximate surface area is 203 Å². The van der Waals surface area contributed by atoms with Gasteiger partial charge in [0.15, 0.2) is 0 Å². The van der Waals surface area contributed by atoms with Gasteiger partial charge in [0.1, 0.15) is 12.6 Å². The Morgan fingerprint density at radius 3 is 2.59 bits per heavy atom. The van der Waals surface area contributed by atoms with Gasteiger partial charge in [-0.1, -0.05) is 74.0 Å². The molecule has 1 unspecified atom stereocenters. The standard InChI is InChI=1S/C29H35N3O2/c1-21(2)19-25-29(34)32(20-27(33)30-18-17-22-11-5-3-6-12-22)26-16-10-9-15-24(26)28(31-25)23-13-7-4-8-14-23/h4,7-11,13-16,21,25H,3,5-6,12,17-20H2,1-2H3,(H,30,33). The summed E-state index contributed by atoms with van der Waals surface area (Å²) in [7, 11) is 0. The average molecular weight is 458 g/mol. The number of fused-ring (bicyclic) bond motifs is 1. The molecule has 4 rings (SSSR count). The van der Waals surface area contributed by atoms with Crippen molar-refractivity contribution in [1.29, 1.82) is 0 Å². The second-order valence-corrected chi connectivity index (χ2v) is 9.64. The molecule has 34 heavy (non-hydrogen) atoms. The van der Waals surface area contributed by atoms with Crippen molar-refractivity contribution in [2.75, 3.05) is 18.0 Å². The monoisotopic (exact) mass is 457 g/mol. The number of hydrogen-bond donors (Lipinski definition) is 1. The van der Waals surface area contributed by atoms with Crippen LogP contribution in [-0.4, -0.2) is 36.7 Å². The highest BCUT2D eigenvalue weighted by Crippen LogP contribution is 2.30. The summed E-state index contributed by atoms with van der Waals surface area (Å²) in [5, 5.41) is 3.04. The van der Waals surface area contributed by atoms with Crippen LogP contribution in [0.3, 0.4) is 0 Å². The van der Waals surface area contributed by atoms with Gasteiger partial charge in [-0.3, -0.25) is 14.6 Å². The number of nitrogens with one attached hydrogen (secondary N) is 1. The summed E-state index contributed by atoms with van der Waals surface area (Å²) >= 11 is 0. The van der Waals surface area contributed by atoms with E-state index in [1.807, 2.05) is 54.6 Å². The molecule has 2 aromatic rings. The molecule has 1 N–H and O–H groups in total. The summed E-state index contributed by atoms with van der Waals surface area (Å²) in [6.07, 6.45) is 8.59. The lowest BCUT2D eigenvalue weighted by Crippen LogP contribution is -2.45. The topological polar surface area (TPSA) is 61.8 Å².